The van der Waals surface area contributed by atoms with Crippen molar-refractivity contribution in [3.05, 3.63) is 52.5 Å². The SMILES string of the molecule is COc1cccc(-c2noc(/C(Cl)=C/c3ccsc3)n2)c1. The monoisotopic (exact) mass is 318 g/mol. The number of nitrogens with zero attached hydrogens (tertiary/aromatic N) is 2. The molecule has 0 aliphatic rings. The maximum absolute atomic E-state index is 6.20. The Labute approximate surface area is 130 Å². The van der Waals surface area contributed by atoms with Crippen molar-refractivity contribution in [1.82, 2.24) is 10.1 Å². The van der Waals surface area contributed by atoms with Gasteiger partial charge in [0.1, 0.15) is 10.8 Å². The average molecular weight is 319 g/mol. The zero-order valence-electron chi connectivity index (χ0n) is 11.1. The van der Waals surface area contributed by atoms with Crippen LogP contribution in [0.1, 0.15) is 11.5 Å². The first-order valence-corrected chi connectivity index (χ1v) is 7.46. The largest absolute Gasteiger partial charge is 0.497 e. The minimum absolute atomic E-state index is 0.292. The van der Waals surface area contributed by atoms with Crippen LogP contribution in [0, 0.1) is 0 Å². The summed E-state index contributed by atoms with van der Waals surface area (Å²) in [6, 6.07) is 9.41. The zero-order valence-corrected chi connectivity index (χ0v) is 12.7. The lowest BCUT2D eigenvalue weighted by Crippen LogP contribution is -1.85. The van der Waals surface area contributed by atoms with Crippen LogP contribution in [0.25, 0.3) is 22.5 Å². The molecule has 0 unspecified atom stereocenters. The van der Waals surface area contributed by atoms with Crippen LogP contribution in [-0.4, -0.2) is 17.3 Å². The van der Waals surface area contributed by atoms with Gasteiger partial charge in [-0.15, -0.1) is 0 Å². The van der Waals surface area contributed by atoms with Crippen molar-refractivity contribution >= 4 is 34.0 Å². The molecular weight excluding hydrogens is 308 g/mol. The smallest absolute Gasteiger partial charge is 0.269 e. The van der Waals surface area contributed by atoms with Crippen LogP contribution in [0.2, 0.25) is 0 Å². The first-order valence-electron chi connectivity index (χ1n) is 6.14. The summed E-state index contributed by atoms with van der Waals surface area (Å²) >= 11 is 7.80. The standard InChI is InChI=1S/C15H11ClN2O2S/c1-19-12-4-2-3-11(8-12)14-17-15(20-18-14)13(16)7-10-5-6-21-9-10/h2-9H,1H3/b13-7-. The van der Waals surface area contributed by atoms with E-state index in [1.54, 1.807) is 24.5 Å². The van der Waals surface area contributed by atoms with Gasteiger partial charge in [0.25, 0.3) is 5.89 Å². The predicted molar refractivity (Wildman–Crippen MR) is 84.3 cm³/mol. The van der Waals surface area contributed by atoms with E-state index >= 15 is 0 Å². The summed E-state index contributed by atoms with van der Waals surface area (Å²) in [6.07, 6.45) is 1.79. The molecule has 3 aromatic rings. The van der Waals surface area contributed by atoms with Gasteiger partial charge < -0.3 is 9.26 Å². The molecule has 0 radical (unpaired) electrons. The molecule has 1 aromatic carbocycles. The van der Waals surface area contributed by atoms with Crippen molar-refractivity contribution in [2.75, 3.05) is 7.11 Å². The Kier molecular flexibility index (Phi) is 4.03. The highest BCUT2D eigenvalue weighted by molar-refractivity contribution is 7.08. The molecule has 106 valence electrons. The number of ether oxygens (including phenoxy) is 1. The van der Waals surface area contributed by atoms with Crippen LogP contribution in [0.3, 0.4) is 0 Å². The van der Waals surface area contributed by atoms with Crippen molar-refractivity contribution in [2.45, 2.75) is 0 Å². The Balaban J connectivity index is 1.89. The molecule has 2 aromatic heterocycles. The topological polar surface area (TPSA) is 48.2 Å². The molecule has 0 saturated heterocycles. The minimum atomic E-state index is 0.292. The number of benzene rings is 1. The van der Waals surface area contributed by atoms with Crippen LogP contribution >= 0.6 is 22.9 Å². The van der Waals surface area contributed by atoms with Crippen molar-refractivity contribution < 1.29 is 9.26 Å². The van der Waals surface area contributed by atoms with E-state index < -0.39 is 0 Å². The third-order valence-corrected chi connectivity index (χ3v) is 3.77. The number of hydrogen-bond acceptors (Lipinski definition) is 5. The average Bonchev–Trinajstić information content (AvgIpc) is 3.18. The van der Waals surface area contributed by atoms with E-state index in [-0.39, 0.29) is 0 Å². The van der Waals surface area contributed by atoms with Crippen molar-refractivity contribution in [3.63, 3.8) is 0 Å². The Morgan fingerprint density at radius 1 is 1.38 bits per heavy atom. The van der Waals surface area contributed by atoms with Gasteiger partial charge in [-0.3, -0.25) is 0 Å². The second-order valence-corrected chi connectivity index (χ2v) is 5.39. The first-order chi connectivity index (χ1) is 10.3. The minimum Gasteiger partial charge on any atom is -0.497 e. The zero-order chi connectivity index (χ0) is 14.7. The predicted octanol–water partition coefficient (Wildman–Crippen LogP) is 4.54. The summed E-state index contributed by atoms with van der Waals surface area (Å²) in [7, 11) is 1.61. The lowest BCUT2D eigenvalue weighted by molar-refractivity contribution is 0.409. The fourth-order valence-electron chi connectivity index (χ4n) is 1.77. The summed E-state index contributed by atoms with van der Waals surface area (Å²) in [5, 5.41) is 8.33. The lowest BCUT2D eigenvalue weighted by atomic mass is 10.2. The fraction of sp³-hybridized carbons (Fsp3) is 0.0667. The van der Waals surface area contributed by atoms with E-state index in [1.165, 1.54) is 0 Å². The molecule has 0 spiro atoms. The van der Waals surface area contributed by atoms with Gasteiger partial charge >= 0.3 is 0 Å². The number of methoxy groups -OCH3 is 1. The number of hydrogen-bond donors (Lipinski definition) is 0. The Morgan fingerprint density at radius 3 is 3.05 bits per heavy atom. The highest BCUT2D eigenvalue weighted by Gasteiger charge is 2.12. The van der Waals surface area contributed by atoms with Crippen LogP contribution in [0.15, 0.2) is 45.6 Å². The summed E-state index contributed by atoms with van der Waals surface area (Å²) in [5.41, 5.74) is 1.82. The molecule has 0 N–H and O–H groups in total. The van der Waals surface area contributed by atoms with Crippen LogP contribution in [-0.2, 0) is 0 Å². The third-order valence-electron chi connectivity index (χ3n) is 2.79. The second-order valence-electron chi connectivity index (χ2n) is 4.20. The van der Waals surface area contributed by atoms with Gasteiger partial charge in [-0.25, -0.2) is 0 Å². The second kappa shape index (κ2) is 6.11. The highest BCUT2D eigenvalue weighted by Crippen LogP contribution is 2.26. The highest BCUT2D eigenvalue weighted by atomic mass is 35.5. The maximum atomic E-state index is 6.20. The molecule has 0 saturated carbocycles. The molecule has 4 nitrogen and oxygen atoms in total. The van der Waals surface area contributed by atoms with Crippen LogP contribution in [0.5, 0.6) is 5.75 Å². The molecule has 21 heavy (non-hydrogen) atoms. The van der Waals surface area contributed by atoms with Gasteiger partial charge in [0.15, 0.2) is 0 Å². The summed E-state index contributed by atoms with van der Waals surface area (Å²) < 4.78 is 10.4. The van der Waals surface area contributed by atoms with Gasteiger partial charge in [0.2, 0.25) is 5.82 Å². The Bertz CT molecular complexity index is 766. The van der Waals surface area contributed by atoms with Crippen LogP contribution < -0.4 is 4.74 Å². The van der Waals surface area contributed by atoms with Gasteiger partial charge in [-0.2, -0.15) is 16.3 Å². The number of thiophene rings is 1. The summed E-state index contributed by atoms with van der Waals surface area (Å²) in [6.45, 7) is 0. The number of aromatic nitrogens is 2. The van der Waals surface area contributed by atoms with E-state index in [9.17, 15) is 0 Å². The van der Waals surface area contributed by atoms with Crippen LogP contribution in [0.4, 0.5) is 0 Å². The van der Waals surface area contributed by atoms with Gasteiger partial charge in [-0.05, 0) is 40.6 Å². The molecule has 3 rings (SSSR count). The third kappa shape index (κ3) is 3.15. The van der Waals surface area contributed by atoms with Gasteiger partial charge in [0.05, 0.1) is 7.11 Å². The molecule has 0 atom stereocenters. The van der Waals surface area contributed by atoms with Gasteiger partial charge in [-0.1, -0.05) is 28.9 Å². The van der Waals surface area contributed by atoms with Crippen molar-refractivity contribution in [1.29, 1.82) is 0 Å². The molecule has 0 fully saturated rings. The maximum Gasteiger partial charge on any atom is 0.269 e. The Hall–Kier alpha value is -2.11. The molecular formula is C15H11ClN2O2S. The summed E-state index contributed by atoms with van der Waals surface area (Å²) in [5.74, 6) is 1.50. The van der Waals surface area contributed by atoms with E-state index in [1.807, 2.05) is 41.1 Å². The molecule has 6 heteroatoms. The molecule has 0 aliphatic heterocycles. The van der Waals surface area contributed by atoms with E-state index in [0.717, 1.165) is 16.9 Å². The lowest BCUT2D eigenvalue weighted by Gasteiger charge is -1.99. The summed E-state index contributed by atoms with van der Waals surface area (Å²) in [4.78, 5) is 4.31. The van der Waals surface area contributed by atoms with E-state index in [4.69, 9.17) is 20.9 Å². The van der Waals surface area contributed by atoms with Crippen molar-refractivity contribution in [2.24, 2.45) is 0 Å². The van der Waals surface area contributed by atoms with E-state index in [0.29, 0.717) is 16.7 Å². The quantitative estimate of drug-likeness (QED) is 0.708. The van der Waals surface area contributed by atoms with Crippen molar-refractivity contribution in [3.8, 4) is 17.1 Å². The normalized spacial score (nSPS) is 11.6. The molecule has 0 amide bonds. The number of halogens is 1. The molecule has 2 heterocycles. The molecule has 0 bridgehead atoms. The molecule has 0 aliphatic carbocycles. The van der Waals surface area contributed by atoms with E-state index in [2.05, 4.69) is 10.1 Å². The fourth-order valence-corrected chi connectivity index (χ4v) is 2.59. The van der Waals surface area contributed by atoms with Gasteiger partial charge in [0, 0.05) is 5.56 Å². The number of rotatable bonds is 4. The first kappa shape index (κ1) is 13.9. The Morgan fingerprint density at radius 2 is 2.29 bits per heavy atom.